The van der Waals surface area contributed by atoms with Crippen LogP contribution in [0.2, 0.25) is 0 Å². The van der Waals surface area contributed by atoms with Gasteiger partial charge in [0.25, 0.3) is 0 Å². The molecule has 1 aliphatic rings. The predicted octanol–water partition coefficient (Wildman–Crippen LogP) is 2.35. The number of likely N-dealkylation sites (tertiary alicyclic amines) is 1. The van der Waals surface area contributed by atoms with Crippen molar-refractivity contribution >= 4 is 5.69 Å². The number of hydrogen-bond acceptors (Lipinski definition) is 3. The van der Waals surface area contributed by atoms with Crippen LogP contribution in [0.25, 0.3) is 0 Å². The van der Waals surface area contributed by atoms with Gasteiger partial charge in [0.1, 0.15) is 0 Å². The van der Waals surface area contributed by atoms with E-state index in [4.69, 9.17) is 5.73 Å². The number of benzene rings is 1. The van der Waals surface area contributed by atoms with Gasteiger partial charge in [-0.2, -0.15) is 0 Å². The minimum Gasteiger partial charge on any atom is -0.398 e. The average Bonchev–Trinajstić information content (AvgIpc) is 2.35. The van der Waals surface area contributed by atoms with Crippen molar-refractivity contribution in [2.75, 3.05) is 39.5 Å². The summed E-state index contributed by atoms with van der Waals surface area (Å²) < 4.78 is 0. The SMILES string of the molecule is Cc1ccc(N)c(CN2CCC(CN(C)C)CC2)c1. The summed E-state index contributed by atoms with van der Waals surface area (Å²) in [5.41, 5.74) is 9.58. The fourth-order valence-corrected chi connectivity index (χ4v) is 2.96. The van der Waals surface area contributed by atoms with E-state index in [1.165, 1.54) is 43.6 Å². The number of nitrogens with two attached hydrogens (primary N) is 1. The molecule has 0 bridgehead atoms. The van der Waals surface area contributed by atoms with Gasteiger partial charge in [0.05, 0.1) is 0 Å². The molecule has 0 aliphatic carbocycles. The summed E-state index contributed by atoms with van der Waals surface area (Å²) in [7, 11) is 4.33. The minimum absolute atomic E-state index is 0.862. The van der Waals surface area contributed by atoms with Crippen LogP contribution in [0.1, 0.15) is 24.0 Å². The Morgan fingerprint density at radius 2 is 1.95 bits per heavy atom. The van der Waals surface area contributed by atoms with Gasteiger partial charge in [-0.25, -0.2) is 0 Å². The number of rotatable bonds is 4. The largest absolute Gasteiger partial charge is 0.398 e. The number of nitrogen functional groups attached to an aromatic ring is 1. The monoisotopic (exact) mass is 261 g/mol. The third-order valence-electron chi connectivity index (χ3n) is 4.02. The van der Waals surface area contributed by atoms with E-state index in [1.807, 2.05) is 6.07 Å². The average molecular weight is 261 g/mol. The first-order chi connectivity index (χ1) is 9.04. The van der Waals surface area contributed by atoms with Crippen molar-refractivity contribution in [3.05, 3.63) is 29.3 Å². The van der Waals surface area contributed by atoms with Gasteiger partial charge < -0.3 is 10.6 Å². The lowest BCUT2D eigenvalue weighted by Gasteiger charge is -2.33. The van der Waals surface area contributed by atoms with Crippen molar-refractivity contribution in [2.24, 2.45) is 5.92 Å². The predicted molar refractivity (Wildman–Crippen MR) is 82.1 cm³/mol. The van der Waals surface area contributed by atoms with Gasteiger partial charge in [0.15, 0.2) is 0 Å². The summed E-state index contributed by atoms with van der Waals surface area (Å²) in [6, 6.07) is 6.34. The molecule has 3 nitrogen and oxygen atoms in total. The Morgan fingerprint density at radius 1 is 1.26 bits per heavy atom. The molecule has 0 aromatic heterocycles. The van der Waals surface area contributed by atoms with E-state index in [-0.39, 0.29) is 0 Å². The topological polar surface area (TPSA) is 32.5 Å². The number of piperidine rings is 1. The van der Waals surface area contributed by atoms with Crippen molar-refractivity contribution in [3.8, 4) is 0 Å². The first-order valence-electron chi connectivity index (χ1n) is 7.26. The van der Waals surface area contributed by atoms with Gasteiger partial charge >= 0.3 is 0 Å². The van der Waals surface area contributed by atoms with E-state index in [0.717, 1.165) is 18.2 Å². The maximum Gasteiger partial charge on any atom is 0.0359 e. The Kier molecular flexibility index (Phi) is 4.83. The Labute approximate surface area is 117 Å². The fraction of sp³-hybridized carbons (Fsp3) is 0.625. The molecule has 0 saturated carbocycles. The van der Waals surface area contributed by atoms with Crippen LogP contribution in [-0.4, -0.2) is 43.5 Å². The number of aryl methyl sites for hydroxylation is 1. The highest BCUT2D eigenvalue weighted by Crippen LogP contribution is 2.22. The standard InChI is InChI=1S/C16H27N3/c1-13-4-5-16(17)15(10-13)12-19-8-6-14(7-9-19)11-18(2)3/h4-5,10,14H,6-9,11-12,17H2,1-3H3. The molecule has 1 saturated heterocycles. The Balaban J connectivity index is 1.87. The van der Waals surface area contributed by atoms with Gasteiger partial charge in [0, 0.05) is 18.8 Å². The Morgan fingerprint density at radius 3 is 2.58 bits per heavy atom. The molecule has 0 unspecified atom stereocenters. The summed E-state index contributed by atoms with van der Waals surface area (Å²) in [6.45, 7) is 6.76. The lowest BCUT2D eigenvalue weighted by molar-refractivity contribution is 0.157. The third kappa shape index (κ3) is 4.22. The molecule has 3 heteroatoms. The quantitative estimate of drug-likeness (QED) is 0.845. The Bertz CT molecular complexity index is 406. The summed E-state index contributed by atoms with van der Waals surface area (Å²) in [5.74, 6) is 0.862. The van der Waals surface area contributed by atoms with Crippen LogP contribution in [0.4, 0.5) is 5.69 Å². The zero-order chi connectivity index (χ0) is 13.8. The first kappa shape index (κ1) is 14.4. The van der Waals surface area contributed by atoms with Crippen LogP contribution in [0, 0.1) is 12.8 Å². The van der Waals surface area contributed by atoms with Crippen LogP contribution >= 0.6 is 0 Å². The molecule has 0 spiro atoms. The fourth-order valence-electron chi connectivity index (χ4n) is 2.96. The molecule has 1 aliphatic heterocycles. The van der Waals surface area contributed by atoms with Crippen molar-refractivity contribution in [1.82, 2.24) is 9.80 Å². The molecule has 1 heterocycles. The molecular formula is C16H27N3. The summed E-state index contributed by atoms with van der Waals surface area (Å²) in [6.07, 6.45) is 2.62. The maximum absolute atomic E-state index is 6.07. The zero-order valence-electron chi connectivity index (χ0n) is 12.5. The number of nitrogens with zero attached hydrogens (tertiary/aromatic N) is 2. The van der Waals surface area contributed by atoms with Gasteiger partial charge in [-0.05, 0) is 64.5 Å². The van der Waals surface area contributed by atoms with Crippen LogP contribution in [0.5, 0.6) is 0 Å². The number of hydrogen-bond donors (Lipinski definition) is 1. The summed E-state index contributed by atoms with van der Waals surface area (Å²) >= 11 is 0. The van der Waals surface area contributed by atoms with E-state index < -0.39 is 0 Å². The van der Waals surface area contributed by atoms with Crippen molar-refractivity contribution in [1.29, 1.82) is 0 Å². The highest BCUT2D eigenvalue weighted by Gasteiger charge is 2.20. The van der Waals surface area contributed by atoms with E-state index in [9.17, 15) is 0 Å². The van der Waals surface area contributed by atoms with Crippen LogP contribution < -0.4 is 5.73 Å². The number of anilines is 1. The molecule has 0 amide bonds. The summed E-state index contributed by atoms with van der Waals surface area (Å²) in [4.78, 5) is 4.84. The van der Waals surface area contributed by atoms with Crippen molar-refractivity contribution in [3.63, 3.8) is 0 Å². The first-order valence-corrected chi connectivity index (χ1v) is 7.26. The molecule has 0 atom stereocenters. The molecule has 1 aromatic rings. The van der Waals surface area contributed by atoms with E-state index in [0.29, 0.717) is 0 Å². The van der Waals surface area contributed by atoms with Crippen LogP contribution in [-0.2, 0) is 6.54 Å². The zero-order valence-corrected chi connectivity index (χ0v) is 12.5. The minimum atomic E-state index is 0.862. The molecule has 1 aromatic carbocycles. The normalized spacial score (nSPS) is 18.1. The molecule has 1 fully saturated rings. The smallest absolute Gasteiger partial charge is 0.0359 e. The third-order valence-corrected chi connectivity index (χ3v) is 4.02. The van der Waals surface area contributed by atoms with E-state index >= 15 is 0 Å². The molecule has 106 valence electrons. The van der Waals surface area contributed by atoms with Crippen molar-refractivity contribution < 1.29 is 0 Å². The second kappa shape index (κ2) is 6.40. The molecule has 0 radical (unpaired) electrons. The highest BCUT2D eigenvalue weighted by molar-refractivity contribution is 5.48. The van der Waals surface area contributed by atoms with Crippen LogP contribution in [0.3, 0.4) is 0 Å². The molecule has 2 N–H and O–H groups in total. The van der Waals surface area contributed by atoms with Gasteiger partial charge in [-0.3, -0.25) is 4.90 Å². The lowest BCUT2D eigenvalue weighted by Crippen LogP contribution is -2.36. The van der Waals surface area contributed by atoms with Crippen LogP contribution in [0.15, 0.2) is 18.2 Å². The van der Waals surface area contributed by atoms with E-state index in [1.54, 1.807) is 0 Å². The molecular weight excluding hydrogens is 234 g/mol. The second-order valence-corrected chi connectivity index (χ2v) is 6.18. The molecule has 2 rings (SSSR count). The molecule has 19 heavy (non-hydrogen) atoms. The lowest BCUT2D eigenvalue weighted by atomic mass is 9.96. The van der Waals surface area contributed by atoms with Crippen molar-refractivity contribution in [2.45, 2.75) is 26.3 Å². The summed E-state index contributed by atoms with van der Waals surface area (Å²) in [5, 5.41) is 0. The van der Waals surface area contributed by atoms with E-state index in [2.05, 4.69) is 43.0 Å². The van der Waals surface area contributed by atoms with Gasteiger partial charge in [0.2, 0.25) is 0 Å². The maximum atomic E-state index is 6.07. The second-order valence-electron chi connectivity index (χ2n) is 6.18. The van der Waals surface area contributed by atoms with Gasteiger partial charge in [-0.1, -0.05) is 17.7 Å². The Hall–Kier alpha value is -1.06. The van der Waals surface area contributed by atoms with Gasteiger partial charge in [-0.15, -0.1) is 0 Å². The highest BCUT2D eigenvalue weighted by atomic mass is 15.1.